The van der Waals surface area contributed by atoms with Gasteiger partial charge in [0.1, 0.15) is 10.7 Å². The topological polar surface area (TPSA) is 76.3 Å². The van der Waals surface area contributed by atoms with Crippen molar-refractivity contribution in [3.05, 3.63) is 18.3 Å². The summed E-state index contributed by atoms with van der Waals surface area (Å²) in [7, 11) is -3.27. The average molecular weight is 283 g/mol. The Balaban J connectivity index is 2.44. The first-order valence-electron chi connectivity index (χ1n) is 6.66. The van der Waals surface area contributed by atoms with E-state index >= 15 is 0 Å². The molecule has 1 aromatic rings. The van der Waals surface area contributed by atoms with E-state index in [2.05, 4.69) is 9.88 Å². The lowest BCUT2D eigenvalue weighted by molar-refractivity contribution is 0.569. The fourth-order valence-corrected chi connectivity index (χ4v) is 3.42. The van der Waals surface area contributed by atoms with E-state index in [0.29, 0.717) is 17.3 Å². The molecule has 2 N–H and O–H groups in total. The van der Waals surface area contributed by atoms with E-state index < -0.39 is 9.84 Å². The van der Waals surface area contributed by atoms with Crippen LogP contribution >= 0.6 is 0 Å². The van der Waals surface area contributed by atoms with Crippen LogP contribution < -0.4 is 10.6 Å². The molecular formula is C13H21N3O2S. The normalized spacial score (nSPS) is 21.2. The Morgan fingerprint density at radius 1 is 1.42 bits per heavy atom. The molecule has 19 heavy (non-hydrogen) atoms. The maximum atomic E-state index is 11.9. The number of hydrogen-bond acceptors (Lipinski definition) is 5. The van der Waals surface area contributed by atoms with Crippen molar-refractivity contribution in [1.82, 2.24) is 4.98 Å². The third kappa shape index (κ3) is 3.25. The second-order valence-corrected chi connectivity index (χ2v) is 7.01. The van der Waals surface area contributed by atoms with Gasteiger partial charge in [0.25, 0.3) is 0 Å². The molecule has 1 atom stereocenters. The van der Waals surface area contributed by atoms with Crippen molar-refractivity contribution in [3.63, 3.8) is 0 Å². The molecule has 1 fully saturated rings. The van der Waals surface area contributed by atoms with Crippen molar-refractivity contribution in [3.8, 4) is 0 Å². The largest absolute Gasteiger partial charge is 0.351 e. The Kier molecular flexibility index (Phi) is 4.42. The highest BCUT2D eigenvalue weighted by Crippen LogP contribution is 2.27. The van der Waals surface area contributed by atoms with E-state index in [1.807, 2.05) is 0 Å². The Labute approximate surface area is 114 Å². The highest BCUT2D eigenvalue weighted by Gasteiger charge is 2.25. The minimum atomic E-state index is -3.27. The SMILES string of the molecule is CS(=O)(=O)c1cccnc1N1CCCCCC1CN. The first-order valence-corrected chi connectivity index (χ1v) is 8.55. The summed E-state index contributed by atoms with van der Waals surface area (Å²) in [5.41, 5.74) is 5.84. The minimum absolute atomic E-state index is 0.179. The predicted octanol–water partition coefficient (Wildman–Crippen LogP) is 1.19. The third-order valence-corrected chi connectivity index (χ3v) is 4.69. The molecule has 106 valence electrons. The average Bonchev–Trinajstić information content (AvgIpc) is 2.62. The van der Waals surface area contributed by atoms with Gasteiger partial charge in [0.05, 0.1) is 0 Å². The van der Waals surface area contributed by atoms with Gasteiger partial charge in [-0.3, -0.25) is 0 Å². The number of aromatic nitrogens is 1. The summed E-state index contributed by atoms with van der Waals surface area (Å²) in [5.74, 6) is 0.558. The molecule has 0 amide bonds. The second-order valence-electron chi connectivity index (χ2n) is 5.03. The molecule has 6 heteroatoms. The lowest BCUT2D eigenvalue weighted by atomic mass is 10.1. The number of pyridine rings is 1. The van der Waals surface area contributed by atoms with Crippen molar-refractivity contribution in [2.75, 3.05) is 24.2 Å². The molecule has 1 aliphatic heterocycles. The van der Waals surface area contributed by atoms with Crippen molar-refractivity contribution in [2.45, 2.75) is 36.6 Å². The molecule has 0 spiro atoms. The highest BCUT2D eigenvalue weighted by atomic mass is 32.2. The smallest absolute Gasteiger partial charge is 0.179 e. The van der Waals surface area contributed by atoms with Crippen molar-refractivity contribution < 1.29 is 8.42 Å². The Hall–Kier alpha value is -1.14. The summed E-state index contributed by atoms with van der Waals surface area (Å²) in [4.78, 5) is 6.67. The fourth-order valence-electron chi connectivity index (χ4n) is 2.59. The van der Waals surface area contributed by atoms with E-state index in [1.54, 1.807) is 18.3 Å². The molecule has 2 heterocycles. The van der Waals surface area contributed by atoms with E-state index in [-0.39, 0.29) is 6.04 Å². The Morgan fingerprint density at radius 3 is 2.89 bits per heavy atom. The number of rotatable bonds is 3. The highest BCUT2D eigenvalue weighted by molar-refractivity contribution is 7.90. The van der Waals surface area contributed by atoms with E-state index in [0.717, 1.165) is 32.2 Å². The number of hydrogen-bond donors (Lipinski definition) is 1. The molecule has 5 nitrogen and oxygen atoms in total. The van der Waals surface area contributed by atoms with Gasteiger partial charge in [-0.25, -0.2) is 13.4 Å². The summed E-state index contributed by atoms with van der Waals surface area (Å²) < 4.78 is 23.8. The summed E-state index contributed by atoms with van der Waals surface area (Å²) >= 11 is 0. The summed E-state index contributed by atoms with van der Waals surface area (Å²) in [5, 5.41) is 0. The van der Waals surface area contributed by atoms with Crippen LogP contribution in [0.4, 0.5) is 5.82 Å². The number of anilines is 1. The fraction of sp³-hybridized carbons (Fsp3) is 0.615. The molecule has 0 saturated carbocycles. The third-order valence-electron chi connectivity index (χ3n) is 3.57. The lowest BCUT2D eigenvalue weighted by Crippen LogP contribution is -2.41. The van der Waals surface area contributed by atoms with E-state index in [1.165, 1.54) is 6.26 Å². The molecule has 0 bridgehead atoms. The monoisotopic (exact) mass is 283 g/mol. The van der Waals surface area contributed by atoms with Crippen LogP contribution in [0.2, 0.25) is 0 Å². The van der Waals surface area contributed by atoms with Crippen molar-refractivity contribution in [1.29, 1.82) is 0 Å². The van der Waals surface area contributed by atoms with Crippen LogP contribution in [0.15, 0.2) is 23.2 Å². The van der Waals surface area contributed by atoms with E-state index in [4.69, 9.17) is 5.73 Å². The molecule has 1 unspecified atom stereocenters. The first kappa shape index (κ1) is 14.3. The zero-order chi connectivity index (χ0) is 13.9. The molecule has 1 aliphatic rings. The number of nitrogens with two attached hydrogens (primary N) is 1. The van der Waals surface area contributed by atoms with Crippen LogP contribution in [0.3, 0.4) is 0 Å². The zero-order valence-electron chi connectivity index (χ0n) is 11.2. The number of nitrogens with zero attached hydrogens (tertiary/aromatic N) is 2. The molecule has 1 aromatic heterocycles. The Morgan fingerprint density at radius 2 is 2.21 bits per heavy atom. The first-order chi connectivity index (χ1) is 9.04. The van der Waals surface area contributed by atoms with Gasteiger partial charge in [-0.15, -0.1) is 0 Å². The standard InChI is InChI=1S/C13H21N3O2S/c1-19(17,18)12-7-5-8-15-13(12)16-9-4-2-3-6-11(16)10-14/h5,7-8,11H,2-4,6,9-10,14H2,1H3. The van der Waals surface area contributed by atoms with Crippen LogP contribution in [0.1, 0.15) is 25.7 Å². The van der Waals surface area contributed by atoms with Crippen molar-refractivity contribution >= 4 is 15.7 Å². The van der Waals surface area contributed by atoms with Gasteiger partial charge < -0.3 is 10.6 Å². The second kappa shape index (κ2) is 5.88. The maximum Gasteiger partial charge on any atom is 0.179 e. The summed E-state index contributed by atoms with van der Waals surface area (Å²) in [6, 6.07) is 3.46. The summed E-state index contributed by atoms with van der Waals surface area (Å²) in [6.45, 7) is 1.35. The molecule has 1 saturated heterocycles. The van der Waals surface area contributed by atoms with Crippen LogP contribution in [0.5, 0.6) is 0 Å². The molecule has 0 aliphatic carbocycles. The van der Waals surface area contributed by atoms with Gasteiger partial charge in [0.15, 0.2) is 9.84 Å². The molecule has 2 rings (SSSR count). The van der Waals surface area contributed by atoms with Gasteiger partial charge >= 0.3 is 0 Å². The zero-order valence-corrected chi connectivity index (χ0v) is 12.1. The predicted molar refractivity (Wildman–Crippen MR) is 76.0 cm³/mol. The van der Waals surface area contributed by atoms with Gasteiger partial charge in [-0.1, -0.05) is 12.8 Å². The van der Waals surface area contributed by atoms with Gasteiger partial charge in [-0.2, -0.15) is 0 Å². The van der Waals surface area contributed by atoms with Gasteiger partial charge in [0, 0.05) is 31.6 Å². The Bertz CT molecular complexity index is 530. The van der Waals surface area contributed by atoms with Crippen LogP contribution in [-0.2, 0) is 9.84 Å². The van der Waals surface area contributed by atoms with Crippen LogP contribution in [-0.4, -0.2) is 38.8 Å². The van der Waals surface area contributed by atoms with E-state index in [9.17, 15) is 8.42 Å². The van der Waals surface area contributed by atoms with Crippen LogP contribution in [0, 0.1) is 0 Å². The lowest BCUT2D eigenvalue weighted by Gasteiger charge is -2.31. The van der Waals surface area contributed by atoms with Crippen LogP contribution in [0.25, 0.3) is 0 Å². The minimum Gasteiger partial charge on any atom is -0.351 e. The van der Waals surface area contributed by atoms with Gasteiger partial charge in [0.2, 0.25) is 0 Å². The quantitative estimate of drug-likeness (QED) is 0.902. The summed E-state index contributed by atoms with van der Waals surface area (Å²) in [6.07, 6.45) is 7.21. The molecule has 0 radical (unpaired) electrons. The maximum absolute atomic E-state index is 11.9. The van der Waals surface area contributed by atoms with Gasteiger partial charge in [-0.05, 0) is 25.0 Å². The molecular weight excluding hydrogens is 262 g/mol. The molecule has 0 aromatic carbocycles. The van der Waals surface area contributed by atoms with Crippen molar-refractivity contribution in [2.24, 2.45) is 5.73 Å². The number of sulfone groups is 1.